The Kier molecular flexibility index (Phi) is 4.90. The van der Waals surface area contributed by atoms with Gasteiger partial charge in [-0.25, -0.2) is 31.2 Å². The van der Waals surface area contributed by atoms with Crippen molar-refractivity contribution < 1.29 is 17.2 Å². The van der Waals surface area contributed by atoms with Gasteiger partial charge in [0.25, 0.3) is 0 Å². The third-order valence-electron chi connectivity index (χ3n) is 3.34. The van der Waals surface area contributed by atoms with E-state index in [1.165, 1.54) is 44.4 Å². The van der Waals surface area contributed by atoms with Crippen LogP contribution < -0.4 is 0 Å². The molecule has 0 saturated carbocycles. The van der Waals surface area contributed by atoms with Crippen molar-refractivity contribution in [3.05, 3.63) is 53.0 Å². The molecule has 0 spiro atoms. The number of nitrogens with zero attached hydrogens (tertiary/aromatic N) is 4. The lowest BCUT2D eigenvalue weighted by Gasteiger charge is -2.17. The van der Waals surface area contributed by atoms with Gasteiger partial charge in [-0.1, -0.05) is 0 Å². The molecule has 6 nitrogen and oxygen atoms in total. The van der Waals surface area contributed by atoms with Gasteiger partial charge >= 0.3 is 0 Å². The van der Waals surface area contributed by atoms with Crippen LogP contribution in [0, 0.1) is 11.6 Å². The summed E-state index contributed by atoms with van der Waals surface area (Å²) in [7, 11) is -1.000. The molecule has 0 saturated heterocycles. The van der Waals surface area contributed by atoms with Crippen LogP contribution in [0.25, 0.3) is 5.57 Å². The fraction of sp³-hybridized carbons (Fsp3) is 0.286. The van der Waals surface area contributed by atoms with Crippen LogP contribution in [0.3, 0.4) is 0 Å². The predicted molar refractivity (Wildman–Crippen MR) is 81.6 cm³/mol. The summed E-state index contributed by atoms with van der Waals surface area (Å²) < 4.78 is 54.4. The third kappa shape index (κ3) is 3.62. The first kappa shape index (κ1) is 17.2. The number of aromatic nitrogens is 3. The van der Waals surface area contributed by atoms with Gasteiger partial charge in [0.15, 0.2) is 0 Å². The van der Waals surface area contributed by atoms with E-state index in [2.05, 4.69) is 10.1 Å². The lowest BCUT2D eigenvalue weighted by Crippen LogP contribution is -2.24. The van der Waals surface area contributed by atoms with Crippen LogP contribution in [0.15, 0.2) is 35.8 Å². The summed E-state index contributed by atoms with van der Waals surface area (Å²) in [5.74, 6) is -1.58. The summed E-state index contributed by atoms with van der Waals surface area (Å²) in [5, 5.41) is 3.90. The van der Waals surface area contributed by atoms with E-state index in [1.54, 1.807) is 0 Å². The van der Waals surface area contributed by atoms with Crippen LogP contribution in [0.1, 0.15) is 12.5 Å². The van der Waals surface area contributed by atoms with Crippen molar-refractivity contribution in [2.45, 2.75) is 13.5 Å². The second kappa shape index (κ2) is 6.55. The number of halogens is 2. The minimum absolute atomic E-state index is 0.00447. The second-order valence-corrected chi connectivity index (χ2v) is 7.33. The molecular formula is C14H16F2N4O2S. The Hall–Kier alpha value is -2.13. The SMILES string of the molecule is C/C(=C(\Cn1cncn1)c1ccc(F)cc1F)S(=O)(=O)N(C)C. The van der Waals surface area contributed by atoms with Gasteiger partial charge in [0.1, 0.15) is 24.3 Å². The van der Waals surface area contributed by atoms with Crippen molar-refractivity contribution in [1.82, 2.24) is 19.1 Å². The van der Waals surface area contributed by atoms with Gasteiger partial charge in [-0.3, -0.25) is 0 Å². The standard InChI is InChI=1S/C14H16F2N4O2S/c1-10(23(21,22)19(2)3)13(7-20-9-17-8-18-20)12-5-4-11(15)6-14(12)16/h4-6,8-9H,7H2,1-3H3/b13-10-. The lowest BCUT2D eigenvalue weighted by molar-refractivity contribution is 0.527. The zero-order chi connectivity index (χ0) is 17.2. The van der Waals surface area contributed by atoms with Crippen molar-refractivity contribution in [2.75, 3.05) is 14.1 Å². The molecule has 0 radical (unpaired) electrons. The van der Waals surface area contributed by atoms with Crippen molar-refractivity contribution in [2.24, 2.45) is 0 Å². The van der Waals surface area contributed by atoms with E-state index in [9.17, 15) is 17.2 Å². The van der Waals surface area contributed by atoms with Gasteiger partial charge in [-0.2, -0.15) is 5.10 Å². The highest BCUT2D eigenvalue weighted by atomic mass is 32.2. The number of allylic oxidation sites excluding steroid dienone is 2. The van der Waals surface area contributed by atoms with Gasteiger partial charge in [0.05, 0.1) is 11.4 Å². The Bertz CT molecular complexity index is 830. The summed E-state index contributed by atoms with van der Waals surface area (Å²) >= 11 is 0. The molecule has 2 rings (SSSR count). The van der Waals surface area contributed by atoms with Crippen LogP contribution in [0.5, 0.6) is 0 Å². The summed E-state index contributed by atoms with van der Waals surface area (Å²) in [5.41, 5.74) is 0.187. The summed E-state index contributed by atoms with van der Waals surface area (Å²) in [6.07, 6.45) is 2.67. The number of benzene rings is 1. The highest BCUT2D eigenvalue weighted by molar-refractivity contribution is 7.93. The van der Waals surface area contributed by atoms with Crippen LogP contribution >= 0.6 is 0 Å². The maximum absolute atomic E-state index is 14.2. The second-order valence-electron chi connectivity index (χ2n) is 5.04. The first-order valence-electron chi connectivity index (χ1n) is 6.63. The highest BCUT2D eigenvalue weighted by Gasteiger charge is 2.23. The Balaban J connectivity index is 2.65. The van der Waals surface area contributed by atoms with Crippen molar-refractivity contribution in [3.8, 4) is 0 Å². The Morgan fingerprint density at radius 2 is 2.00 bits per heavy atom. The molecule has 2 aromatic rings. The number of hydrogen-bond acceptors (Lipinski definition) is 4. The molecule has 0 aliphatic rings. The molecule has 0 fully saturated rings. The largest absolute Gasteiger partial charge is 0.248 e. The quantitative estimate of drug-likeness (QED) is 0.832. The Morgan fingerprint density at radius 3 is 2.52 bits per heavy atom. The van der Waals surface area contributed by atoms with E-state index in [-0.39, 0.29) is 22.6 Å². The first-order chi connectivity index (χ1) is 10.7. The monoisotopic (exact) mass is 342 g/mol. The fourth-order valence-corrected chi connectivity index (χ4v) is 3.06. The summed E-state index contributed by atoms with van der Waals surface area (Å²) in [6, 6.07) is 3.01. The summed E-state index contributed by atoms with van der Waals surface area (Å²) in [6.45, 7) is 1.37. The maximum atomic E-state index is 14.2. The van der Waals surface area contributed by atoms with E-state index in [4.69, 9.17) is 0 Å². The van der Waals surface area contributed by atoms with Gasteiger partial charge in [0.2, 0.25) is 10.0 Å². The van der Waals surface area contributed by atoms with Crippen molar-refractivity contribution >= 4 is 15.6 Å². The lowest BCUT2D eigenvalue weighted by atomic mass is 10.0. The Labute approximate surface area is 133 Å². The Morgan fingerprint density at radius 1 is 1.30 bits per heavy atom. The smallest absolute Gasteiger partial charge is 0.238 e. The highest BCUT2D eigenvalue weighted by Crippen LogP contribution is 2.27. The molecule has 1 aromatic heterocycles. The molecule has 0 N–H and O–H groups in total. The third-order valence-corrected chi connectivity index (χ3v) is 5.32. The average Bonchev–Trinajstić information content (AvgIpc) is 2.97. The molecular weight excluding hydrogens is 326 g/mol. The van der Waals surface area contributed by atoms with Crippen molar-refractivity contribution in [3.63, 3.8) is 0 Å². The molecule has 0 aliphatic heterocycles. The molecule has 0 aliphatic carbocycles. The molecule has 0 unspecified atom stereocenters. The number of sulfonamides is 1. The first-order valence-corrected chi connectivity index (χ1v) is 8.07. The average molecular weight is 342 g/mol. The van der Waals surface area contributed by atoms with Gasteiger partial charge in [-0.15, -0.1) is 0 Å². The zero-order valence-electron chi connectivity index (χ0n) is 12.9. The van der Waals surface area contributed by atoms with Crippen LogP contribution in [0.4, 0.5) is 8.78 Å². The van der Waals surface area contributed by atoms with Crippen LogP contribution in [-0.4, -0.2) is 41.6 Å². The van der Waals surface area contributed by atoms with Gasteiger partial charge in [0, 0.05) is 25.7 Å². The van der Waals surface area contributed by atoms with E-state index < -0.39 is 21.7 Å². The minimum atomic E-state index is -3.76. The molecule has 1 heterocycles. The van der Waals surface area contributed by atoms with E-state index in [0.717, 1.165) is 10.4 Å². The predicted octanol–water partition coefficient (Wildman–Crippen LogP) is 1.88. The molecule has 23 heavy (non-hydrogen) atoms. The topological polar surface area (TPSA) is 68.1 Å². The van der Waals surface area contributed by atoms with Gasteiger partial charge < -0.3 is 0 Å². The molecule has 0 bridgehead atoms. The molecule has 0 amide bonds. The molecule has 124 valence electrons. The molecule has 1 aromatic carbocycles. The normalized spacial score (nSPS) is 13.3. The van der Waals surface area contributed by atoms with Crippen LogP contribution in [0.2, 0.25) is 0 Å². The zero-order valence-corrected chi connectivity index (χ0v) is 13.7. The van der Waals surface area contributed by atoms with Crippen LogP contribution in [-0.2, 0) is 16.6 Å². The molecule has 0 atom stereocenters. The van der Waals surface area contributed by atoms with E-state index >= 15 is 0 Å². The van der Waals surface area contributed by atoms with E-state index in [0.29, 0.717) is 6.07 Å². The maximum Gasteiger partial charge on any atom is 0.238 e. The van der Waals surface area contributed by atoms with Crippen molar-refractivity contribution in [1.29, 1.82) is 0 Å². The number of rotatable bonds is 5. The summed E-state index contributed by atoms with van der Waals surface area (Å²) in [4.78, 5) is 3.74. The van der Waals surface area contributed by atoms with Gasteiger partial charge in [-0.05, 0) is 24.6 Å². The minimum Gasteiger partial charge on any atom is -0.248 e. The molecule has 9 heteroatoms. The number of hydrogen-bond donors (Lipinski definition) is 0. The van der Waals surface area contributed by atoms with E-state index in [1.807, 2.05) is 0 Å². The fourth-order valence-electron chi connectivity index (χ4n) is 2.03.